The maximum absolute atomic E-state index is 14.8. The summed E-state index contributed by atoms with van der Waals surface area (Å²) in [4.78, 5) is 22.0. The summed E-state index contributed by atoms with van der Waals surface area (Å²) in [6.45, 7) is 1.45. The second kappa shape index (κ2) is 10.1. The number of imidazole rings is 1. The quantitative estimate of drug-likeness (QED) is 0.379. The Balaban J connectivity index is 0.000000405. The Morgan fingerprint density at radius 3 is 2.30 bits per heavy atom. The molecule has 0 bridgehead atoms. The third-order valence-electron chi connectivity index (χ3n) is 5.49. The highest BCUT2D eigenvalue weighted by molar-refractivity contribution is 5.76. The average molecular weight is 529 g/mol. The van der Waals surface area contributed by atoms with Gasteiger partial charge in [0.05, 0.1) is 23.6 Å². The van der Waals surface area contributed by atoms with Crippen LogP contribution in [-0.4, -0.2) is 49.7 Å². The van der Waals surface area contributed by atoms with E-state index in [1.165, 1.54) is 16.7 Å². The highest BCUT2D eigenvalue weighted by Gasteiger charge is 2.38. The summed E-state index contributed by atoms with van der Waals surface area (Å²) in [5.41, 5.74) is 1.78. The number of alkyl halides is 5. The summed E-state index contributed by atoms with van der Waals surface area (Å²) in [6, 6.07) is 11.6. The highest BCUT2D eigenvalue weighted by atomic mass is 19.4. The molecule has 2 N–H and O–H groups in total. The zero-order valence-electron chi connectivity index (χ0n) is 18.5. The van der Waals surface area contributed by atoms with Gasteiger partial charge < -0.3 is 14.8 Å². The van der Waals surface area contributed by atoms with Crippen LogP contribution in [0, 0.1) is 5.82 Å². The van der Waals surface area contributed by atoms with Gasteiger partial charge in [0.15, 0.2) is 0 Å². The molecule has 15 heteroatoms. The van der Waals surface area contributed by atoms with Gasteiger partial charge in [0.25, 0.3) is 5.89 Å². The number of carboxylic acids is 1. The lowest BCUT2D eigenvalue weighted by Crippen LogP contribution is -2.47. The Morgan fingerprint density at radius 2 is 1.78 bits per heavy atom. The molecule has 0 atom stereocenters. The van der Waals surface area contributed by atoms with E-state index in [1.807, 2.05) is 24.3 Å². The zero-order valence-corrected chi connectivity index (χ0v) is 18.5. The van der Waals surface area contributed by atoms with E-state index in [-0.39, 0.29) is 35.3 Å². The van der Waals surface area contributed by atoms with Crippen molar-refractivity contribution in [3.8, 4) is 11.5 Å². The van der Waals surface area contributed by atoms with Gasteiger partial charge >= 0.3 is 24.3 Å². The molecule has 0 aliphatic carbocycles. The summed E-state index contributed by atoms with van der Waals surface area (Å²) in [6.07, 6.45) is -7.98. The van der Waals surface area contributed by atoms with Crippen molar-refractivity contribution in [2.75, 3.05) is 13.1 Å². The summed E-state index contributed by atoms with van der Waals surface area (Å²) in [7, 11) is 0. The molecule has 9 nitrogen and oxygen atoms in total. The number of hydrogen-bond acceptors (Lipinski definition) is 6. The fourth-order valence-electron chi connectivity index (χ4n) is 3.61. The molecule has 0 amide bonds. The Bertz CT molecular complexity index is 1490. The number of para-hydroxylation sites is 2. The number of hydrogen-bond donors (Lipinski definition) is 2. The van der Waals surface area contributed by atoms with Crippen molar-refractivity contribution in [1.82, 2.24) is 24.6 Å². The number of aromatic nitrogens is 4. The van der Waals surface area contributed by atoms with E-state index in [4.69, 9.17) is 14.3 Å². The molecule has 0 spiro atoms. The molecule has 3 heterocycles. The lowest BCUT2D eigenvalue weighted by molar-refractivity contribution is -0.192. The predicted octanol–water partition coefficient (Wildman–Crippen LogP) is 3.76. The largest absolute Gasteiger partial charge is 0.490 e. The van der Waals surface area contributed by atoms with Gasteiger partial charge in [0.1, 0.15) is 5.82 Å². The molecule has 1 aliphatic rings. The topological polar surface area (TPSA) is 115 Å². The molecule has 0 radical (unpaired) electrons. The second-order valence-corrected chi connectivity index (χ2v) is 7.89. The minimum absolute atomic E-state index is 0.0325. The molecule has 1 fully saturated rings. The zero-order chi connectivity index (χ0) is 26.9. The fourth-order valence-corrected chi connectivity index (χ4v) is 3.61. The molecule has 5 rings (SSSR count). The van der Waals surface area contributed by atoms with E-state index in [9.17, 15) is 31.1 Å². The van der Waals surface area contributed by atoms with Gasteiger partial charge in [-0.1, -0.05) is 18.2 Å². The third-order valence-corrected chi connectivity index (χ3v) is 5.49. The van der Waals surface area contributed by atoms with Crippen LogP contribution in [0.2, 0.25) is 0 Å². The highest BCUT2D eigenvalue weighted by Crippen LogP contribution is 2.26. The number of aliphatic carboxylic acids is 1. The van der Waals surface area contributed by atoms with E-state index in [2.05, 4.69) is 15.5 Å². The van der Waals surface area contributed by atoms with Crippen molar-refractivity contribution < 1.29 is 40.7 Å². The van der Waals surface area contributed by atoms with Crippen LogP contribution in [0.5, 0.6) is 0 Å². The monoisotopic (exact) mass is 529 g/mol. The van der Waals surface area contributed by atoms with Crippen molar-refractivity contribution >= 4 is 17.0 Å². The number of halogens is 6. The van der Waals surface area contributed by atoms with Gasteiger partial charge in [0.2, 0.25) is 5.89 Å². The van der Waals surface area contributed by atoms with Gasteiger partial charge in [-0.25, -0.2) is 14.0 Å². The molecule has 0 unspecified atom stereocenters. The standard InChI is InChI=1S/C20H16F3N5O2.C2HF3O2/c21-14-7-11(18-25-26-19(30-18)17(22)23)5-6-12(14)10-27-15-3-1-2-4-16(15)28(20(27)29)13-8-24-9-13;3-2(4,5)1(6)7/h1-7,13,17,24H,8-10H2;(H,6,7). The molecule has 37 heavy (non-hydrogen) atoms. The normalized spacial score (nSPS) is 13.9. The van der Waals surface area contributed by atoms with Gasteiger partial charge in [0, 0.05) is 24.2 Å². The van der Waals surface area contributed by atoms with Crippen molar-refractivity contribution in [3.63, 3.8) is 0 Å². The van der Waals surface area contributed by atoms with Crippen LogP contribution in [0.25, 0.3) is 22.5 Å². The molecular formula is C22H17F6N5O4. The van der Waals surface area contributed by atoms with Crippen molar-refractivity contribution in [2.24, 2.45) is 0 Å². The molecule has 2 aromatic carbocycles. The summed E-state index contributed by atoms with van der Waals surface area (Å²) in [5, 5.41) is 17.1. The molecule has 1 saturated heterocycles. The second-order valence-electron chi connectivity index (χ2n) is 7.89. The maximum Gasteiger partial charge on any atom is 0.490 e. The predicted molar refractivity (Wildman–Crippen MR) is 116 cm³/mol. The lowest BCUT2D eigenvalue weighted by atomic mass is 10.1. The van der Waals surface area contributed by atoms with E-state index >= 15 is 0 Å². The molecule has 4 aromatic rings. The number of carbonyl (C=O) groups is 1. The van der Waals surface area contributed by atoms with Crippen molar-refractivity contribution in [1.29, 1.82) is 0 Å². The molecule has 196 valence electrons. The average Bonchev–Trinajstić information content (AvgIpc) is 3.39. The van der Waals surface area contributed by atoms with Crippen molar-refractivity contribution in [2.45, 2.75) is 25.2 Å². The summed E-state index contributed by atoms with van der Waals surface area (Å²) >= 11 is 0. The number of fused-ring (bicyclic) bond motifs is 1. The lowest BCUT2D eigenvalue weighted by Gasteiger charge is -2.28. The Labute approximate surface area is 202 Å². The van der Waals surface area contributed by atoms with Crippen LogP contribution in [0.15, 0.2) is 51.7 Å². The van der Waals surface area contributed by atoms with Gasteiger partial charge in [-0.05, 0) is 24.3 Å². The van der Waals surface area contributed by atoms with Crippen LogP contribution in [0.1, 0.15) is 23.9 Å². The van der Waals surface area contributed by atoms with Crippen LogP contribution >= 0.6 is 0 Å². The maximum atomic E-state index is 14.8. The Hall–Kier alpha value is -4.14. The minimum atomic E-state index is -5.08. The van der Waals surface area contributed by atoms with E-state index in [1.54, 1.807) is 4.57 Å². The van der Waals surface area contributed by atoms with Crippen LogP contribution in [0.4, 0.5) is 26.3 Å². The first-order valence-electron chi connectivity index (χ1n) is 10.6. The summed E-state index contributed by atoms with van der Waals surface area (Å²) < 4.78 is 79.9. The Morgan fingerprint density at radius 1 is 1.14 bits per heavy atom. The van der Waals surface area contributed by atoms with Gasteiger partial charge in [-0.3, -0.25) is 9.13 Å². The third kappa shape index (κ3) is 5.35. The molecule has 2 aromatic heterocycles. The van der Waals surface area contributed by atoms with Crippen molar-refractivity contribution in [3.05, 3.63) is 70.2 Å². The van der Waals surface area contributed by atoms with E-state index in [0.29, 0.717) is 13.1 Å². The molecule has 0 saturated carbocycles. The number of benzene rings is 2. The Kier molecular flexibility index (Phi) is 7.07. The molecular weight excluding hydrogens is 512 g/mol. The van der Waals surface area contributed by atoms with E-state index in [0.717, 1.165) is 17.1 Å². The molecule has 1 aliphatic heterocycles. The SMILES string of the molecule is O=C(O)C(F)(F)F.O=c1n(Cc2ccc(-c3nnc(C(F)F)o3)cc2F)c2ccccc2n1C1CNC1. The number of nitrogens with one attached hydrogen (secondary N) is 1. The van der Waals surface area contributed by atoms with Gasteiger partial charge in [-0.15, -0.1) is 10.2 Å². The number of carboxylic acid groups (broad SMARTS) is 1. The first kappa shape index (κ1) is 25.9. The van der Waals surface area contributed by atoms with Gasteiger partial charge in [-0.2, -0.15) is 22.0 Å². The minimum Gasteiger partial charge on any atom is -0.475 e. The van der Waals surface area contributed by atoms with Crippen LogP contribution in [0.3, 0.4) is 0 Å². The first-order valence-corrected chi connectivity index (χ1v) is 10.6. The number of nitrogens with zero attached hydrogens (tertiary/aromatic N) is 4. The van der Waals surface area contributed by atoms with Crippen LogP contribution in [-0.2, 0) is 11.3 Å². The summed E-state index contributed by atoms with van der Waals surface area (Å²) in [5.74, 6) is -4.37. The van der Waals surface area contributed by atoms with Crippen LogP contribution < -0.4 is 11.0 Å². The first-order chi connectivity index (χ1) is 17.5. The fraction of sp³-hybridized carbons (Fsp3) is 0.273. The number of rotatable bonds is 5. The van der Waals surface area contributed by atoms with E-state index < -0.39 is 30.3 Å². The smallest absolute Gasteiger partial charge is 0.475 e.